The van der Waals surface area contributed by atoms with Crippen molar-refractivity contribution in [3.05, 3.63) is 59.7 Å². The summed E-state index contributed by atoms with van der Waals surface area (Å²) in [6.45, 7) is 0.831. The van der Waals surface area contributed by atoms with Crippen molar-refractivity contribution in [2.45, 2.75) is 12.5 Å². The summed E-state index contributed by atoms with van der Waals surface area (Å²) in [7, 11) is -3.32. The normalized spacial score (nSPS) is 17.1. The first-order valence-electron chi connectivity index (χ1n) is 7.33. The third kappa shape index (κ3) is 3.46. The zero-order valence-corrected chi connectivity index (χ0v) is 14.3. The number of halogens is 1. The topological polar surface area (TPSA) is 46.6 Å². The Morgan fingerprint density at radius 3 is 2.61 bits per heavy atom. The maximum atomic E-state index is 12.0. The van der Waals surface area contributed by atoms with Crippen LogP contribution in [0, 0.1) is 0 Å². The van der Waals surface area contributed by atoms with Gasteiger partial charge >= 0.3 is 0 Å². The van der Waals surface area contributed by atoms with Crippen molar-refractivity contribution < 1.29 is 13.2 Å². The maximum Gasteiger partial charge on any atom is 0.232 e. The molecule has 0 aliphatic carbocycles. The van der Waals surface area contributed by atoms with Crippen LogP contribution in [0.3, 0.4) is 0 Å². The van der Waals surface area contributed by atoms with Gasteiger partial charge in [0.05, 0.1) is 11.9 Å². The molecule has 122 valence electrons. The van der Waals surface area contributed by atoms with E-state index in [-0.39, 0.29) is 5.92 Å². The van der Waals surface area contributed by atoms with Gasteiger partial charge in [0.25, 0.3) is 0 Å². The van der Waals surface area contributed by atoms with Crippen LogP contribution >= 0.6 is 11.6 Å². The molecule has 0 amide bonds. The van der Waals surface area contributed by atoms with E-state index in [0.29, 0.717) is 30.5 Å². The number of alkyl halides is 1. The Hall–Kier alpha value is -1.72. The summed E-state index contributed by atoms with van der Waals surface area (Å²) in [6, 6.07) is 15.4. The van der Waals surface area contributed by atoms with E-state index in [9.17, 15) is 8.42 Å². The highest BCUT2D eigenvalue weighted by Crippen LogP contribution is 2.40. The van der Waals surface area contributed by atoms with Crippen LogP contribution < -0.4 is 9.04 Å². The molecule has 6 heteroatoms. The summed E-state index contributed by atoms with van der Waals surface area (Å²) in [5, 5.41) is 0. The van der Waals surface area contributed by atoms with Gasteiger partial charge < -0.3 is 4.74 Å². The van der Waals surface area contributed by atoms with Crippen molar-refractivity contribution in [2.75, 3.05) is 23.0 Å². The molecule has 2 aromatic carbocycles. The number of anilines is 1. The smallest absolute Gasteiger partial charge is 0.232 e. The first-order chi connectivity index (χ1) is 11.0. The second-order valence-corrected chi connectivity index (χ2v) is 7.86. The van der Waals surface area contributed by atoms with E-state index < -0.39 is 10.0 Å². The zero-order chi connectivity index (χ0) is 16.4. The van der Waals surface area contributed by atoms with E-state index in [4.69, 9.17) is 16.3 Å². The predicted molar refractivity (Wildman–Crippen MR) is 92.9 cm³/mol. The number of ether oxygens (including phenoxy) is 1. The molecule has 4 nitrogen and oxygen atoms in total. The lowest BCUT2D eigenvalue weighted by Gasteiger charge is -2.17. The SMILES string of the molecule is CS(=O)(=O)N1C[C@@H](CCl)c2ccc(OCc3ccccc3)cc21. The molecular formula is C17H18ClNO3S. The van der Waals surface area contributed by atoms with E-state index in [2.05, 4.69) is 0 Å². The molecule has 0 fully saturated rings. The van der Waals surface area contributed by atoms with E-state index in [1.165, 1.54) is 10.6 Å². The van der Waals surface area contributed by atoms with Crippen molar-refractivity contribution in [2.24, 2.45) is 0 Å². The second-order valence-electron chi connectivity index (χ2n) is 5.64. The van der Waals surface area contributed by atoms with E-state index in [0.717, 1.165) is 11.1 Å². The van der Waals surface area contributed by atoms with Gasteiger partial charge in [-0.15, -0.1) is 11.6 Å². The molecule has 1 heterocycles. The van der Waals surface area contributed by atoms with Gasteiger partial charge in [-0.05, 0) is 17.2 Å². The van der Waals surface area contributed by atoms with Crippen LogP contribution in [0.1, 0.15) is 17.0 Å². The number of hydrogen-bond donors (Lipinski definition) is 0. The molecule has 0 radical (unpaired) electrons. The minimum atomic E-state index is -3.32. The summed E-state index contributed by atoms with van der Waals surface area (Å²) < 4.78 is 31.2. The molecule has 0 N–H and O–H groups in total. The van der Waals surface area contributed by atoms with Crippen molar-refractivity contribution in [3.8, 4) is 5.75 Å². The van der Waals surface area contributed by atoms with E-state index in [1.807, 2.05) is 42.5 Å². The molecule has 0 saturated carbocycles. The number of hydrogen-bond acceptors (Lipinski definition) is 3. The number of fused-ring (bicyclic) bond motifs is 1. The number of nitrogens with zero attached hydrogens (tertiary/aromatic N) is 1. The fourth-order valence-corrected chi connectivity index (χ4v) is 3.99. The van der Waals surface area contributed by atoms with Crippen LogP contribution in [0.25, 0.3) is 0 Å². The van der Waals surface area contributed by atoms with Gasteiger partial charge in [0.15, 0.2) is 0 Å². The Labute approximate surface area is 141 Å². The molecule has 23 heavy (non-hydrogen) atoms. The standard InChI is InChI=1S/C17H18ClNO3S/c1-23(20,21)19-11-14(10-18)16-8-7-15(9-17(16)19)22-12-13-5-3-2-4-6-13/h2-9,14H,10-12H2,1H3/t14-/m1/s1. The number of rotatable bonds is 5. The van der Waals surface area contributed by atoms with Crippen molar-refractivity contribution in [3.63, 3.8) is 0 Å². The Bertz CT molecular complexity index is 793. The lowest BCUT2D eigenvalue weighted by atomic mass is 10.0. The number of sulfonamides is 1. The first kappa shape index (κ1) is 16.1. The van der Waals surface area contributed by atoms with Gasteiger partial charge in [0.2, 0.25) is 10.0 Å². The number of benzene rings is 2. The van der Waals surface area contributed by atoms with Crippen molar-refractivity contribution in [1.82, 2.24) is 0 Å². The molecule has 0 aromatic heterocycles. The minimum Gasteiger partial charge on any atom is -0.489 e. The summed E-state index contributed by atoms with van der Waals surface area (Å²) >= 11 is 5.98. The van der Waals surface area contributed by atoms with Gasteiger partial charge in [0.1, 0.15) is 12.4 Å². The van der Waals surface area contributed by atoms with Crippen molar-refractivity contribution in [1.29, 1.82) is 0 Å². The molecular weight excluding hydrogens is 334 g/mol. The highest BCUT2D eigenvalue weighted by atomic mass is 35.5. The van der Waals surface area contributed by atoms with Crippen LogP contribution in [0.4, 0.5) is 5.69 Å². The van der Waals surface area contributed by atoms with Gasteiger partial charge in [0, 0.05) is 24.4 Å². The molecule has 0 saturated heterocycles. The predicted octanol–water partition coefficient (Wildman–Crippen LogP) is 3.37. The van der Waals surface area contributed by atoms with Gasteiger partial charge in [-0.2, -0.15) is 0 Å². The summed E-state index contributed by atoms with van der Waals surface area (Å²) in [4.78, 5) is 0. The molecule has 2 aromatic rings. The Morgan fingerprint density at radius 2 is 1.96 bits per heavy atom. The molecule has 3 rings (SSSR count). The van der Waals surface area contributed by atoms with Gasteiger partial charge in [-0.3, -0.25) is 4.31 Å². The quantitative estimate of drug-likeness (QED) is 0.776. The molecule has 0 unspecified atom stereocenters. The summed E-state index contributed by atoms with van der Waals surface area (Å²) in [6.07, 6.45) is 1.21. The van der Waals surface area contributed by atoms with Crippen molar-refractivity contribution >= 4 is 27.3 Å². The second kappa shape index (κ2) is 6.42. The third-order valence-corrected chi connectivity index (χ3v) is 5.45. The average molecular weight is 352 g/mol. The Balaban J connectivity index is 1.85. The highest BCUT2D eigenvalue weighted by molar-refractivity contribution is 7.92. The molecule has 0 spiro atoms. The van der Waals surface area contributed by atoms with Crippen LogP contribution in [0.5, 0.6) is 5.75 Å². The molecule has 1 aliphatic heterocycles. The maximum absolute atomic E-state index is 12.0. The van der Waals surface area contributed by atoms with Gasteiger partial charge in [-0.25, -0.2) is 8.42 Å². The highest BCUT2D eigenvalue weighted by Gasteiger charge is 2.33. The monoisotopic (exact) mass is 351 g/mol. The minimum absolute atomic E-state index is 0.0181. The average Bonchev–Trinajstić information content (AvgIpc) is 2.92. The van der Waals surface area contributed by atoms with E-state index in [1.54, 1.807) is 6.07 Å². The molecule has 1 aliphatic rings. The van der Waals surface area contributed by atoms with E-state index >= 15 is 0 Å². The Morgan fingerprint density at radius 1 is 1.22 bits per heavy atom. The first-order valence-corrected chi connectivity index (χ1v) is 9.71. The van der Waals surface area contributed by atoms with Crippen LogP contribution in [-0.2, 0) is 16.6 Å². The summed E-state index contributed by atoms with van der Waals surface area (Å²) in [5.41, 5.74) is 2.69. The van der Waals surface area contributed by atoms with Crippen LogP contribution in [0.15, 0.2) is 48.5 Å². The lowest BCUT2D eigenvalue weighted by Crippen LogP contribution is -2.28. The van der Waals surface area contributed by atoms with Crippen LogP contribution in [-0.4, -0.2) is 27.1 Å². The Kier molecular flexibility index (Phi) is 4.50. The molecule has 1 atom stereocenters. The summed E-state index contributed by atoms with van der Waals surface area (Å²) in [5.74, 6) is 1.06. The van der Waals surface area contributed by atoms with Crippen LogP contribution in [0.2, 0.25) is 0 Å². The molecule has 0 bridgehead atoms. The largest absolute Gasteiger partial charge is 0.489 e. The fourth-order valence-electron chi connectivity index (χ4n) is 2.76. The van der Waals surface area contributed by atoms with Gasteiger partial charge in [-0.1, -0.05) is 36.4 Å². The lowest BCUT2D eigenvalue weighted by molar-refractivity contribution is 0.306. The fraction of sp³-hybridized carbons (Fsp3) is 0.294. The third-order valence-electron chi connectivity index (χ3n) is 3.93. The zero-order valence-electron chi connectivity index (χ0n) is 12.8.